The van der Waals surface area contributed by atoms with Crippen LogP contribution in [0.5, 0.6) is 0 Å². The maximum absolute atomic E-state index is 11.7. The molecule has 0 aliphatic rings. The van der Waals surface area contributed by atoms with E-state index >= 15 is 0 Å². The molecule has 2 aromatic rings. The molecule has 0 saturated carbocycles. The van der Waals surface area contributed by atoms with Crippen LogP contribution in [0.25, 0.3) is 0 Å². The van der Waals surface area contributed by atoms with Gasteiger partial charge in [-0.05, 0) is 6.07 Å². The third kappa shape index (κ3) is 3.80. The average Bonchev–Trinajstić information content (AvgIpc) is 2.81. The van der Waals surface area contributed by atoms with Crippen LogP contribution < -0.4 is 10.9 Å². The monoisotopic (exact) mass is 260 g/mol. The summed E-state index contributed by atoms with van der Waals surface area (Å²) in [5.74, 6) is -0.0837. The van der Waals surface area contributed by atoms with Crippen molar-refractivity contribution in [3.05, 3.63) is 52.7 Å². The lowest BCUT2D eigenvalue weighted by atomic mass is 10.3. The Balaban J connectivity index is 1.79. The fraction of sp³-hybridized carbons (Fsp3) is 0.308. The van der Waals surface area contributed by atoms with Crippen LogP contribution in [-0.2, 0) is 24.9 Å². The molecule has 19 heavy (non-hydrogen) atoms. The molecule has 2 rings (SSSR count). The third-order valence-electron chi connectivity index (χ3n) is 2.73. The van der Waals surface area contributed by atoms with Gasteiger partial charge < -0.3 is 9.88 Å². The second-order valence-corrected chi connectivity index (χ2v) is 4.28. The number of hydrogen-bond acceptors (Lipinski definition) is 3. The zero-order chi connectivity index (χ0) is 13.7. The average molecular weight is 260 g/mol. The molecule has 0 unspecified atom stereocenters. The molecule has 100 valence electrons. The summed E-state index contributed by atoms with van der Waals surface area (Å²) in [6.07, 6.45) is 5.52. The van der Waals surface area contributed by atoms with Gasteiger partial charge in [0.05, 0.1) is 6.20 Å². The number of amides is 1. The molecule has 0 saturated heterocycles. The predicted octanol–water partition coefficient (Wildman–Crippen LogP) is 0.288. The topological polar surface area (TPSA) is 68.9 Å². The van der Waals surface area contributed by atoms with Crippen molar-refractivity contribution in [2.24, 2.45) is 7.05 Å². The second kappa shape index (κ2) is 5.99. The van der Waals surface area contributed by atoms with Gasteiger partial charge in [0.2, 0.25) is 5.91 Å². The second-order valence-electron chi connectivity index (χ2n) is 4.28. The van der Waals surface area contributed by atoms with Gasteiger partial charge in [0.15, 0.2) is 0 Å². The predicted molar refractivity (Wildman–Crippen MR) is 70.4 cm³/mol. The van der Waals surface area contributed by atoms with E-state index in [1.54, 1.807) is 29.2 Å². The van der Waals surface area contributed by atoms with Gasteiger partial charge in [0, 0.05) is 50.6 Å². The number of carbonyl (C=O) groups is 1. The Morgan fingerprint density at radius 2 is 2.26 bits per heavy atom. The fourth-order valence-electron chi connectivity index (χ4n) is 1.72. The van der Waals surface area contributed by atoms with E-state index in [1.165, 1.54) is 10.6 Å². The lowest BCUT2D eigenvalue weighted by Crippen LogP contribution is -2.26. The lowest BCUT2D eigenvalue weighted by Gasteiger charge is -2.05. The first-order valence-electron chi connectivity index (χ1n) is 6.05. The minimum Gasteiger partial charge on any atom is -0.352 e. The Morgan fingerprint density at radius 3 is 2.95 bits per heavy atom. The number of rotatable bonds is 5. The van der Waals surface area contributed by atoms with Crippen LogP contribution in [0.1, 0.15) is 12.0 Å². The van der Waals surface area contributed by atoms with Crippen LogP contribution in [0.3, 0.4) is 0 Å². The van der Waals surface area contributed by atoms with Crippen molar-refractivity contribution in [3.8, 4) is 0 Å². The van der Waals surface area contributed by atoms with E-state index < -0.39 is 0 Å². The molecule has 0 atom stereocenters. The van der Waals surface area contributed by atoms with E-state index in [9.17, 15) is 9.59 Å². The van der Waals surface area contributed by atoms with E-state index in [2.05, 4.69) is 10.4 Å². The minimum atomic E-state index is -0.0949. The highest BCUT2D eigenvalue weighted by Crippen LogP contribution is 1.96. The number of pyridine rings is 1. The molecule has 1 amide bonds. The highest BCUT2D eigenvalue weighted by atomic mass is 16.1. The Morgan fingerprint density at radius 1 is 1.42 bits per heavy atom. The number of nitrogens with zero attached hydrogens (tertiary/aromatic N) is 3. The Kier molecular flexibility index (Phi) is 4.12. The SMILES string of the molecule is Cn1cc(CNC(=O)CCn2ccccc2=O)cn1. The molecule has 0 bridgehead atoms. The molecule has 2 aromatic heterocycles. The molecule has 1 N–H and O–H groups in total. The normalized spacial score (nSPS) is 10.4. The van der Waals surface area contributed by atoms with Crippen LogP contribution in [0.2, 0.25) is 0 Å². The van der Waals surface area contributed by atoms with Crippen molar-refractivity contribution >= 4 is 5.91 Å². The molecule has 0 aromatic carbocycles. The molecule has 0 radical (unpaired) electrons. The quantitative estimate of drug-likeness (QED) is 0.840. The molecular formula is C13H16N4O2. The van der Waals surface area contributed by atoms with Crippen LogP contribution in [0.4, 0.5) is 0 Å². The van der Waals surface area contributed by atoms with Gasteiger partial charge >= 0.3 is 0 Å². The fourth-order valence-corrected chi connectivity index (χ4v) is 1.72. The molecule has 0 aliphatic carbocycles. The minimum absolute atomic E-state index is 0.0837. The van der Waals surface area contributed by atoms with Crippen molar-refractivity contribution in [2.75, 3.05) is 0 Å². The summed E-state index contributed by atoms with van der Waals surface area (Å²) in [5, 5.41) is 6.81. The van der Waals surface area contributed by atoms with Crippen molar-refractivity contribution in [1.82, 2.24) is 19.7 Å². The van der Waals surface area contributed by atoms with Gasteiger partial charge in [-0.15, -0.1) is 0 Å². The molecule has 6 nitrogen and oxygen atoms in total. The van der Waals surface area contributed by atoms with E-state index in [1.807, 2.05) is 13.2 Å². The van der Waals surface area contributed by atoms with Gasteiger partial charge in [0.1, 0.15) is 0 Å². The van der Waals surface area contributed by atoms with Crippen molar-refractivity contribution in [2.45, 2.75) is 19.5 Å². The van der Waals surface area contributed by atoms with Crippen LogP contribution in [0, 0.1) is 0 Å². The summed E-state index contributed by atoms with van der Waals surface area (Å²) in [5.41, 5.74) is 0.857. The molecule has 0 fully saturated rings. The molecule has 0 aliphatic heterocycles. The zero-order valence-electron chi connectivity index (χ0n) is 10.7. The van der Waals surface area contributed by atoms with Crippen molar-refractivity contribution in [3.63, 3.8) is 0 Å². The van der Waals surface area contributed by atoms with Gasteiger partial charge in [-0.25, -0.2) is 0 Å². The van der Waals surface area contributed by atoms with E-state index in [0.29, 0.717) is 13.1 Å². The van der Waals surface area contributed by atoms with E-state index in [-0.39, 0.29) is 17.9 Å². The van der Waals surface area contributed by atoms with Crippen LogP contribution in [-0.4, -0.2) is 20.3 Å². The number of aromatic nitrogens is 3. The first kappa shape index (κ1) is 13.1. The van der Waals surface area contributed by atoms with Gasteiger partial charge in [-0.3, -0.25) is 14.3 Å². The first-order valence-corrected chi connectivity index (χ1v) is 6.05. The number of carbonyl (C=O) groups excluding carboxylic acids is 1. The molecule has 2 heterocycles. The van der Waals surface area contributed by atoms with Gasteiger partial charge in [-0.1, -0.05) is 6.07 Å². The summed E-state index contributed by atoms with van der Waals surface area (Å²) in [4.78, 5) is 23.1. The summed E-state index contributed by atoms with van der Waals surface area (Å²) >= 11 is 0. The van der Waals surface area contributed by atoms with E-state index in [0.717, 1.165) is 5.56 Å². The van der Waals surface area contributed by atoms with Gasteiger partial charge in [-0.2, -0.15) is 5.10 Å². The summed E-state index contributed by atoms with van der Waals surface area (Å²) in [7, 11) is 1.83. The molecular weight excluding hydrogens is 244 g/mol. The number of aryl methyl sites for hydroxylation is 2. The van der Waals surface area contributed by atoms with Crippen LogP contribution >= 0.6 is 0 Å². The van der Waals surface area contributed by atoms with Crippen LogP contribution in [0.15, 0.2) is 41.6 Å². The zero-order valence-corrected chi connectivity index (χ0v) is 10.7. The number of nitrogens with one attached hydrogen (secondary N) is 1. The highest BCUT2D eigenvalue weighted by Gasteiger charge is 2.03. The maximum Gasteiger partial charge on any atom is 0.250 e. The smallest absolute Gasteiger partial charge is 0.250 e. The third-order valence-corrected chi connectivity index (χ3v) is 2.73. The Bertz CT molecular complexity index is 615. The maximum atomic E-state index is 11.7. The summed E-state index contributed by atoms with van der Waals surface area (Å²) in [6.45, 7) is 0.842. The summed E-state index contributed by atoms with van der Waals surface area (Å²) in [6, 6.07) is 4.93. The standard InChI is InChI=1S/C13H16N4O2/c1-16-10-11(9-15-16)8-14-12(18)5-7-17-6-3-2-4-13(17)19/h2-4,6,9-10H,5,7-8H2,1H3,(H,14,18). The highest BCUT2D eigenvalue weighted by molar-refractivity contribution is 5.75. The Hall–Kier alpha value is -2.37. The lowest BCUT2D eigenvalue weighted by molar-refractivity contribution is -0.121. The van der Waals surface area contributed by atoms with Crippen molar-refractivity contribution in [1.29, 1.82) is 0 Å². The van der Waals surface area contributed by atoms with Crippen molar-refractivity contribution < 1.29 is 4.79 Å². The number of hydrogen-bond donors (Lipinski definition) is 1. The summed E-state index contributed by atoms with van der Waals surface area (Å²) < 4.78 is 3.20. The van der Waals surface area contributed by atoms with E-state index in [4.69, 9.17) is 0 Å². The first-order chi connectivity index (χ1) is 9.15. The molecule has 6 heteroatoms. The Labute approximate surface area is 110 Å². The largest absolute Gasteiger partial charge is 0.352 e. The van der Waals surface area contributed by atoms with Gasteiger partial charge in [0.25, 0.3) is 5.56 Å². The molecule has 0 spiro atoms.